The van der Waals surface area contributed by atoms with Crippen LogP contribution < -0.4 is 0 Å². The lowest BCUT2D eigenvalue weighted by Gasteiger charge is -2.05. The summed E-state index contributed by atoms with van der Waals surface area (Å²) in [6.07, 6.45) is 3.75. The Hall–Kier alpha value is -3.35. The van der Waals surface area contributed by atoms with Crippen molar-refractivity contribution in [3.63, 3.8) is 0 Å². The molecule has 0 fully saturated rings. The quantitative estimate of drug-likeness (QED) is 0.366. The highest BCUT2D eigenvalue weighted by Crippen LogP contribution is 2.27. The number of rotatable bonds is 4. The minimum Gasteiger partial charge on any atom is -0.342 e. The molecule has 0 unspecified atom stereocenters. The maximum Gasteiger partial charge on any atom is 0.131 e. The Bertz CT molecular complexity index is 1210. The fourth-order valence-electron chi connectivity index (χ4n) is 3.31. The van der Waals surface area contributed by atoms with Crippen molar-refractivity contribution in [2.45, 2.75) is 6.54 Å². The highest BCUT2D eigenvalue weighted by molar-refractivity contribution is 6.30. The summed E-state index contributed by atoms with van der Waals surface area (Å²) in [7, 11) is 0. The average molecular weight is 387 g/mol. The lowest BCUT2D eigenvalue weighted by molar-refractivity contribution is 0.624. The summed E-state index contributed by atoms with van der Waals surface area (Å²) in [6.45, 7) is 0.674. The summed E-state index contributed by atoms with van der Waals surface area (Å²) in [5, 5.41) is 11.3. The van der Waals surface area contributed by atoms with Gasteiger partial charge < -0.3 is 4.57 Å². The summed E-state index contributed by atoms with van der Waals surface area (Å²) in [5.74, 6) is -0.403. The Kier molecular flexibility index (Phi) is 4.97. The number of hydrogen-bond acceptors (Lipinski definition) is 1. The number of para-hydroxylation sites is 1. The second-order valence-electron chi connectivity index (χ2n) is 6.51. The second kappa shape index (κ2) is 7.72. The molecule has 0 saturated heterocycles. The molecule has 0 aliphatic carbocycles. The van der Waals surface area contributed by atoms with Crippen molar-refractivity contribution in [3.8, 4) is 6.07 Å². The molecule has 0 saturated carbocycles. The largest absolute Gasteiger partial charge is 0.342 e. The molecule has 0 atom stereocenters. The molecular weight excluding hydrogens is 371 g/mol. The minimum absolute atomic E-state index is 0.299. The van der Waals surface area contributed by atoms with Crippen molar-refractivity contribution in [2.75, 3.05) is 0 Å². The third-order valence-electron chi connectivity index (χ3n) is 4.67. The molecule has 0 aliphatic rings. The molecule has 3 aromatic carbocycles. The van der Waals surface area contributed by atoms with Gasteiger partial charge in [-0.1, -0.05) is 60.1 Å². The van der Waals surface area contributed by atoms with E-state index in [1.165, 1.54) is 6.07 Å². The zero-order chi connectivity index (χ0) is 19.5. The zero-order valence-electron chi connectivity index (χ0n) is 14.9. The second-order valence-corrected chi connectivity index (χ2v) is 6.94. The van der Waals surface area contributed by atoms with Crippen LogP contribution in [0.15, 0.2) is 79.0 Å². The number of nitrogens with zero attached hydrogens (tertiary/aromatic N) is 2. The van der Waals surface area contributed by atoms with Gasteiger partial charge in [0.25, 0.3) is 0 Å². The molecule has 0 bridgehead atoms. The highest BCUT2D eigenvalue weighted by atomic mass is 35.5. The minimum atomic E-state index is -0.403. The van der Waals surface area contributed by atoms with Crippen LogP contribution in [0.2, 0.25) is 5.02 Å². The molecule has 0 spiro atoms. The highest BCUT2D eigenvalue weighted by Gasteiger charge is 2.11. The van der Waals surface area contributed by atoms with Gasteiger partial charge in [0.1, 0.15) is 5.82 Å². The molecule has 1 heterocycles. The van der Waals surface area contributed by atoms with Crippen molar-refractivity contribution in [1.29, 1.82) is 5.26 Å². The van der Waals surface area contributed by atoms with Gasteiger partial charge in [0, 0.05) is 39.8 Å². The molecule has 1 aromatic heterocycles. The van der Waals surface area contributed by atoms with Crippen molar-refractivity contribution >= 4 is 34.2 Å². The van der Waals surface area contributed by atoms with Crippen LogP contribution in [-0.2, 0) is 6.54 Å². The fourth-order valence-corrected chi connectivity index (χ4v) is 3.44. The molecule has 4 heteroatoms. The van der Waals surface area contributed by atoms with Gasteiger partial charge in [-0.05, 0) is 35.9 Å². The van der Waals surface area contributed by atoms with E-state index >= 15 is 0 Å². The van der Waals surface area contributed by atoms with E-state index in [0.29, 0.717) is 22.7 Å². The molecule has 0 N–H and O–H groups in total. The van der Waals surface area contributed by atoms with Crippen molar-refractivity contribution < 1.29 is 4.39 Å². The van der Waals surface area contributed by atoms with E-state index in [2.05, 4.69) is 10.6 Å². The van der Waals surface area contributed by atoms with Crippen LogP contribution in [0.3, 0.4) is 0 Å². The Morgan fingerprint density at radius 2 is 1.71 bits per heavy atom. The molecule has 4 rings (SSSR count). The van der Waals surface area contributed by atoms with Gasteiger partial charge in [0.15, 0.2) is 0 Å². The molecule has 4 aromatic rings. The van der Waals surface area contributed by atoms with Gasteiger partial charge in [-0.3, -0.25) is 0 Å². The summed E-state index contributed by atoms with van der Waals surface area (Å²) in [6, 6.07) is 24.2. The number of fused-ring (bicyclic) bond motifs is 1. The Morgan fingerprint density at radius 3 is 2.46 bits per heavy atom. The van der Waals surface area contributed by atoms with Crippen molar-refractivity contribution in [1.82, 2.24) is 4.57 Å². The topological polar surface area (TPSA) is 28.7 Å². The zero-order valence-corrected chi connectivity index (χ0v) is 15.7. The summed E-state index contributed by atoms with van der Waals surface area (Å²) in [4.78, 5) is 0. The van der Waals surface area contributed by atoms with Gasteiger partial charge in [0.05, 0.1) is 11.6 Å². The first-order valence-corrected chi connectivity index (χ1v) is 9.22. The van der Waals surface area contributed by atoms with Crippen LogP contribution in [0.5, 0.6) is 0 Å². The maximum absolute atomic E-state index is 14.2. The third kappa shape index (κ3) is 3.55. The fraction of sp³-hybridized carbons (Fsp3) is 0.0417. The molecule has 0 amide bonds. The number of hydrogen-bond donors (Lipinski definition) is 0. The van der Waals surface area contributed by atoms with E-state index in [0.717, 1.165) is 22.0 Å². The third-order valence-corrected chi connectivity index (χ3v) is 4.92. The SMILES string of the molecule is N#C/C(=C/c1cn(Cc2ccc(Cl)cc2)c2ccccc12)c1ccccc1F. The Balaban J connectivity index is 1.81. The molecule has 136 valence electrons. The van der Waals surface area contributed by atoms with Gasteiger partial charge in [-0.15, -0.1) is 0 Å². The van der Waals surface area contributed by atoms with Crippen LogP contribution >= 0.6 is 11.6 Å². The molecule has 0 aliphatic heterocycles. The molecule has 2 nitrogen and oxygen atoms in total. The van der Waals surface area contributed by atoms with Crippen molar-refractivity contribution in [2.24, 2.45) is 0 Å². The van der Waals surface area contributed by atoms with Gasteiger partial charge in [-0.25, -0.2) is 4.39 Å². The monoisotopic (exact) mass is 386 g/mol. The lowest BCUT2D eigenvalue weighted by atomic mass is 10.0. The lowest BCUT2D eigenvalue weighted by Crippen LogP contribution is -1.97. The van der Waals surface area contributed by atoms with Crippen LogP contribution in [0.25, 0.3) is 22.6 Å². The maximum atomic E-state index is 14.2. The summed E-state index contributed by atoms with van der Waals surface area (Å²) < 4.78 is 16.3. The van der Waals surface area contributed by atoms with Crippen LogP contribution in [0.1, 0.15) is 16.7 Å². The first-order valence-electron chi connectivity index (χ1n) is 8.85. The van der Waals surface area contributed by atoms with Gasteiger partial charge >= 0.3 is 0 Å². The summed E-state index contributed by atoms with van der Waals surface area (Å²) in [5.41, 5.74) is 3.65. The average Bonchev–Trinajstić information content (AvgIpc) is 3.06. The predicted octanol–water partition coefficient (Wildman–Crippen LogP) is 6.55. The smallest absolute Gasteiger partial charge is 0.131 e. The van der Waals surface area contributed by atoms with Gasteiger partial charge in [-0.2, -0.15) is 5.26 Å². The van der Waals surface area contributed by atoms with E-state index in [4.69, 9.17) is 11.6 Å². The Labute approximate surface area is 167 Å². The number of allylic oxidation sites excluding steroid dienone is 1. The van der Waals surface area contributed by atoms with Crippen LogP contribution in [0, 0.1) is 17.1 Å². The van der Waals surface area contributed by atoms with E-state index in [9.17, 15) is 9.65 Å². The van der Waals surface area contributed by atoms with Crippen LogP contribution in [0.4, 0.5) is 4.39 Å². The van der Waals surface area contributed by atoms with E-state index < -0.39 is 5.82 Å². The van der Waals surface area contributed by atoms with E-state index in [1.807, 2.05) is 54.7 Å². The standard InChI is InChI=1S/C24H16ClFN2/c25-20-11-9-17(10-12-20)15-28-16-19(22-6-2-4-8-24(22)28)13-18(14-27)21-5-1-3-7-23(21)26/h1-13,16H,15H2/b18-13-. The first kappa shape index (κ1) is 18.0. The first-order chi connectivity index (χ1) is 13.7. The van der Waals surface area contributed by atoms with Crippen molar-refractivity contribution in [3.05, 3.63) is 107 Å². The number of halogens is 2. The molecule has 28 heavy (non-hydrogen) atoms. The van der Waals surface area contributed by atoms with E-state index in [-0.39, 0.29) is 0 Å². The Morgan fingerprint density at radius 1 is 1.00 bits per heavy atom. The number of benzene rings is 3. The number of aromatic nitrogens is 1. The molecule has 0 radical (unpaired) electrons. The van der Waals surface area contributed by atoms with Crippen LogP contribution in [-0.4, -0.2) is 4.57 Å². The number of nitriles is 1. The summed E-state index contributed by atoms with van der Waals surface area (Å²) >= 11 is 5.98. The van der Waals surface area contributed by atoms with E-state index in [1.54, 1.807) is 24.3 Å². The van der Waals surface area contributed by atoms with Gasteiger partial charge in [0.2, 0.25) is 0 Å². The normalized spacial score (nSPS) is 11.5. The predicted molar refractivity (Wildman–Crippen MR) is 112 cm³/mol. The molecular formula is C24H16ClFN2.